The molecule has 1 heterocycles. The van der Waals surface area contributed by atoms with Gasteiger partial charge in [0.1, 0.15) is 16.1 Å². The number of hydrogen-bond donors (Lipinski definition) is 2. The number of hydrogen-bond acceptors (Lipinski definition) is 4. The predicted molar refractivity (Wildman–Crippen MR) is 78.9 cm³/mol. The van der Waals surface area contributed by atoms with E-state index < -0.39 is 22.0 Å². The number of aryl methyl sites for hydroxylation is 1. The monoisotopic (exact) mass is 328 g/mol. The maximum absolute atomic E-state index is 12.3. The molecule has 2 rings (SSSR count). The van der Waals surface area contributed by atoms with E-state index in [1.165, 1.54) is 13.0 Å². The first kappa shape index (κ1) is 15.7. The van der Waals surface area contributed by atoms with Gasteiger partial charge in [-0.25, -0.2) is 13.4 Å². The van der Waals surface area contributed by atoms with Gasteiger partial charge in [-0.1, -0.05) is 23.7 Å². The number of carboxylic acids is 1. The zero-order valence-electron chi connectivity index (χ0n) is 11.3. The van der Waals surface area contributed by atoms with Gasteiger partial charge in [0.15, 0.2) is 0 Å². The average Bonchev–Trinajstić information content (AvgIpc) is 2.38. The summed E-state index contributed by atoms with van der Waals surface area (Å²) in [5.74, 6) is -1.26. The summed E-state index contributed by atoms with van der Waals surface area (Å²) in [6.07, 6.45) is 0. The second-order valence-corrected chi connectivity index (χ2v) is 6.65. The van der Waals surface area contributed by atoms with Crippen molar-refractivity contribution in [1.82, 2.24) is 9.71 Å². The molecule has 0 amide bonds. The quantitative estimate of drug-likeness (QED) is 0.836. The highest BCUT2D eigenvalue weighted by Crippen LogP contribution is 2.25. The second kappa shape index (κ2) is 5.59. The lowest BCUT2D eigenvalue weighted by Crippen LogP contribution is -2.38. The number of nitrogens with one attached hydrogen (secondary N) is 1. The number of aromatic nitrogens is 1. The summed E-state index contributed by atoms with van der Waals surface area (Å²) in [7, 11) is -4.01. The van der Waals surface area contributed by atoms with E-state index >= 15 is 0 Å². The summed E-state index contributed by atoms with van der Waals surface area (Å²) >= 11 is 5.95. The minimum Gasteiger partial charge on any atom is -0.480 e. The molecule has 0 bridgehead atoms. The molecule has 0 aliphatic rings. The Morgan fingerprint density at radius 2 is 2.10 bits per heavy atom. The highest BCUT2D eigenvalue weighted by molar-refractivity contribution is 7.89. The Kier molecular flexibility index (Phi) is 4.18. The lowest BCUT2D eigenvalue weighted by molar-refractivity contribution is -0.138. The molecule has 0 saturated heterocycles. The average molecular weight is 329 g/mol. The summed E-state index contributed by atoms with van der Waals surface area (Å²) in [6.45, 7) is 3.01. The van der Waals surface area contributed by atoms with Gasteiger partial charge in [0.25, 0.3) is 0 Å². The van der Waals surface area contributed by atoms with Crippen LogP contribution in [-0.2, 0) is 14.8 Å². The van der Waals surface area contributed by atoms with Crippen LogP contribution in [-0.4, -0.2) is 30.5 Å². The number of benzene rings is 1. The first-order chi connectivity index (χ1) is 9.72. The van der Waals surface area contributed by atoms with Gasteiger partial charge in [-0.05, 0) is 31.5 Å². The van der Waals surface area contributed by atoms with E-state index in [1.54, 1.807) is 25.1 Å². The Hall–Kier alpha value is -1.70. The Labute approximate surface area is 126 Å². The van der Waals surface area contributed by atoms with Crippen LogP contribution >= 0.6 is 11.6 Å². The van der Waals surface area contributed by atoms with Crippen molar-refractivity contribution in [3.05, 3.63) is 35.0 Å². The van der Waals surface area contributed by atoms with Gasteiger partial charge < -0.3 is 5.11 Å². The van der Waals surface area contributed by atoms with Crippen LogP contribution in [0, 0.1) is 6.92 Å². The zero-order chi connectivity index (χ0) is 15.8. The fraction of sp³-hybridized carbons (Fsp3) is 0.231. The number of rotatable bonds is 4. The summed E-state index contributed by atoms with van der Waals surface area (Å²) in [5, 5.41) is 9.64. The Balaban J connectivity index is 2.61. The van der Waals surface area contributed by atoms with Crippen molar-refractivity contribution in [1.29, 1.82) is 0 Å². The minimum absolute atomic E-state index is 0.102. The van der Waals surface area contributed by atoms with E-state index in [4.69, 9.17) is 16.7 Å². The topological polar surface area (TPSA) is 96.4 Å². The van der Waals surface area contributed by atoms with E-state index in [0.717, 1.165) is 5.56 Å². The molecule has 0 aliphatic heterocycles. The standard InChI is InChI=1S/C13H13ClN2O4S/c1-7-6-9-4-3-5-10(11(9)15-12(7)14)21(19,20)16-8(2)13(17)18/h3-6,8,16H,1-2H3,(H,17,18)/t8-/m0/s1. The summed E-state index contributed by atoms with van der Waals surface area (Å²) in [5.41, 5.74) is 0.934. The molecule has 1 aromatic heterocycles. The maximum Gasteiger partial charge on any atom is 0.321 e. The predicted octanol–water partition coefficient (Wildman–Crippen LogP) is 1.95. The molecule has 0 radical (unpaired) electrons. The number of pyridine rings is 1. The Morgan fingerprint density at radius 1 is 1.43 bits per heavy atom. The van der Waals surface area contributed by atoms with Gasteiger partial charge >= 0.3 is 5.97 Å². The van der Waals surface area contributed by atoms with Crippen LogP contribution in [0.3, 0.4) is 0 Å². The maximum atomic E-state index is 12.3. The first-order valence-electron chi connectivity index (χ1n) is 6.03. The highest BCUT2D eigenvalue weighted by Gasteiger charge is 2.24. The van der Waals surface area contributed by atoms with Crippen LogP contribution in [0.1, 0.15) is 12.5 Å². The molecule has 0 spiro atoms. The molecule has 1 aromatic carbocycles. The molecule has 0 fully saturated rings. The van der Waals surface area contributed by atoms with Crippen molar-refractivity contribution in [2.45, 2.75) is 24.8 Å². The van der Waals surface area contributed by atoms with Gasteiger partial charge in [-0.2, -0.15) is 4.72 Å². The third-order valence-electron chi connectivity index (χ3n) is 2.93. The summed E-state index contributed by atoms with van der Waals surface area (Å²) in [6, 6.07) is 5.12. The number of nitrogens with zero attached hydrogens (tertiary/aromatic N) is 1. The van der Waals surface area contributed by atoms with Crippen molar-refractivity contribution >= 4 is 38.5 Å². The molecule has 1 atom stereocenters. The molecular formula is C13H13ClN2O4S. The van der Waals surface area contributed by atoms with E-state index in [1.807, 2.05) is 0 Å². The number of carboxylic acid groups (broad SMARTS) is 1. The fourth-order valence-corrected chi connectivity index (χ4v) is 3.33. The molecule has 21 heavy (non-hydrogen) atoms. The van der Waals surface area contributed by atoms with E-state index in [9.17, 15) is 13.2 Å². The van der Waals surface area contributed by atoms with Crippen molar-refractivity contribution in [3.8, 4) is 0 Å². The number of carbonyl (C=O) groups is 1. The molecule has 2 N–H and O–H groups in total. The van der Waals surface area contributed by atoms with Gasteiger partial charge in [-0.15, -0.1) is 0 Å². The minimum atomic E-state index is -4.01. The van der Waals surface area contributed by atoms with Crippen molar-refractivity contribution in [3.63, 3.8) is 0 Å². The van der Waals surface area contributed by atoms with Crippen LogP contribution in [0.5, 0.6) is 0 Å². The van der Waals surface area contributed by atoms with Crippen molar-refractivity contribution in [2.75, 3.05) is 0 Å². The van der Waals surface area contributed by atoms with E-state index in [0.29, 0.717) is 5.39 Å². The van der Waals surface area contributed by atoms with Crippen molar-refractivity contribution < 1.29 is 18.3 Å². The molecule has 8 heteroatoms. The third-order valence-corrected chi connectivity index (χ3v) is 4.88. The second-order valence-electron chi connectivity index (χ2n) is 4.61. The number of fused-ring (bicyclic) bond motifs is 1. The molecule has 0 unspecified atom stereocenters. The normalized spacial score (nSPS) is 13.3. The van der Waals surface area contributed by atoms with Crippen molar-refractivity contribution in [2.24, 2.45) is 0 Å². The molecular weight excluding hydrogens is 316 g/mol. The Morgan fingerprint density at radius 3 is 2.71 bits per heavy atom. The number of aliphatic carboxylic acids is 1. The van der Waals surface area contributed by atoms with Crippen LogP contribution < -0.4 is 4.72 Å². The zero-order valence-corrected chi connectivity index (χ0v) is 12.9. The number of para-hydroxylation sites is 1. The SMILES string of the molecule is Cc1cc2cccc(S(=O)(=O)N[C@@H](C)C(=O)O)c2nc1Cl. The molecule has 0 aliphatic carbocycles. The summed E-state index contributed by atoms with van der Waals surface area (Å²) < 4.78 is 26.7. The summed E-state index contributed by atoms with van der Waals surface area (Å²) in [4.78, 5) is 14.8. The van der Waals surface area contributed by atoms with Gasteiger partial charge in [0.05, 0.1) is 5.52 Å². The van der Waals surface area contributed by atoms with Gasteiger partial charge in [0.2, 0.25) is 10.0 Å². The third kappa shape index (κ3) is 3.15. The molecule has 112 valence electrons. The van der Waals surface area contributed by atoms with Crippen LogP contribution in [0.25, 0.3) is 10.9 Å². The largest absolute Gasteiger partial charge is 0.480 e. The van der Waals surface area contributed by atoms with Gasteiger partial charge in [0, 0.05) is 5.39 Å². The smallest absolute Gasteiger partial charge is 0.321 e. The first-order valence-corrected chi connectivity index (χ1v) is 7.89. The number of halogens is 1. The van der Waals surface area contributed by atoms with Crippen LogP contribution in [0.4, 0.5) is 0 Å². The fourth-order valence-electron chi connectivity index (χ4n) is 1.82. The molecule has 0 saturated carbocycles. The van der Waals surface area contributed by atoms with E-state index in [-0.39, 0.29) is 15.6 Å². The van der Waals surface area contributed by atoms with Gasteiger partial charge in [-0.3, -0.25) is 4.79 Å². The molecule has 6 nitrogen and oxygen atoms in total. The lowest BCUT2D eigenvalue weighted by atomic mass is 10.2. The molecule has 2 aromatic rings. The van der Waals surface area contributed by atoms with E-state index in [2.05, 4.69) is 9.71 Å². The van der Waals surface area contributed by atoms with Crippen LogP contribution in [0.15, 0.2) is 29.2 Å². The van der Waals surface area contributed by atoms with Crippen LogP contribution in [0.2, 0.25) is 5.15 Å². The Bertz CT molecular complexity index is 820. The lowest BCUT2D eigenvalue weighted by Gasteiger charge is -2.12. The highest BCUT2D eigenvalue weighted by atomic mass is 35.5. The number of sulfonamides is 1.